The van der Waals surface area contributed by atoms with Crippen LogP contribution in [0.3, 0.4) is 0 Å². The molecule has 1 heterocycles. The summed E-state index contributed by atoms with van der Waals surface area (Å²) >= 11 is 0. The summed E-state index contributed by atoms with van der Waals surface area (Å²) in [5.74, 6) is 2.02. The minimum absolute atomic E-state index is 0.546. The van der Waals surface area contributed by atoms with Gasteiger partial charge in [-0.15, -0.1) is 0 Å². The van der Waals surface area contributed by atoms with Gasteiger partial charge in [0.25, 0.3) is 0 Å². The Morgan fingerprint density at radius 3 is 2.72 bits per heavy atom. The second kappa shape index (κ2) is 10.5. The first-order chi connectivity index (χ1) is 12.2. The lowest BCUT2D eigenvalue weighted by atomic mass is 10.1. The lowest BCUT2D eigenvalue weighted by Gasteiger charge is -2.11. The molecule has 136 valence electrons. The van der Waals surface area contributed by atoms with Crippen molar-refractivity contribution in [3.63, 3.8) is 0 Å². The number of benzene rings is 1. The van der Waals surface area contributed by atoms with E-state index < -0.39 is 0 Å². The van der Waals surface area contributed by atoms with Gasteiger partial charge in [-0.05, 0) is 24.5 Å². The summed E-state index contributed by atoms with van der Waals surface area (Å²) in [5.41, 5.74) is 1.80. The maximum absolute atomic E-state index is 5.58. The van der Waals surface area contributed by atoms with Gasteiger partial charge < -0.3 is 19.8 Å². The van der Waals surface area contributed by atoms with Gasteiger partial charge in [0.1, 0.15) is 6.26 Å². The summed E-state index contributed by atoms with van der Waals surface area (Å²) in [6.07, 6.45) is 2.75. The zero-order chi connectivity index (χ0) is 17.9. The number of rotatable bonds is 9. The summed E-state index contributed by atoms with van der Waals surface area (Å²) in [7, 11) is 1.74. The molecule has 1 aromatic heterocycles. The van der Waals surface area contributed by atoms with Gasteiger partial charge in [0, 0.05) is 25.8 Å². The Balaban J connectivity index is 1.70. The lowest BCUT2D eigenvalue weighted by molar-refractivity contribution is 0.128. The highest BCUT2D eigenvalue weighted by Gasteiger charge is 2.06. The molecule has 0 fully saturated rings. The van der Waals surface area contributed by atoms with E-state index in [0.29, 0.717) is 31.5 Å². The minimum atomic E-state index is 0.546. The van der Waals surface area contributed by atoms with Gasteiger partial charge in [-0.2, -0.15) is 0 Å². The van der Waals surface area contributed by atoms with E-state index in [1.165, 1.54) is 0 Å². The molecular weight excluding hydrogens is 316 g/mol. The van der Waals surface area contributed by atoms with Gasteiger partial charge >= 0.3 is 0 Å². The zero-order valence-electron chi connectivity index (χ0n) is 15.3. The Hall–Kier alpha value is -2.34. The molecular formula is C19H28N4O2. The Kier molecular flexibility index (Phi) is 7.98. The second-order valence-corrected chi connectivity index (χ2v) is 6.16. The third-order valence-electron chi connectivity index (χ3n) is 3.61. The molecule has 2 rings (SSSR count). The molecule has 0 saturated heterocycles. The monoisotopic (exact) mass is 344 g/mol. The van der Waals surface area contributed by atoms with Crippen LogP contribution in [0.15, 0.2) is 46.0 Å². The van der Waals surface area contributed by atoms with E-state index in [1.54, 1.807) is 13.3 Å². The molecule has 0 amide bonds. The Labute approximate surface area is 149 Å². The van der Waals surface area contributed by atoms with E-state index in [9.17, 15) is 0 Å². The Morgan fingerprint density at radius 1 is 1.20 bits per heavy atom. The molecule has 1 aromatic carbocycles. The molecule has 0 aliphatic carbocycles. The van der Waals surface area contributed by atoms with E-state index in [-0.39, 0.29) is 0 Å². The van der Waals surface area contributed by atoms with Crippen LogP contribution in [-0.4, -0.2) is 37.7 Å². The van der Waals surface area contributed by atoms with Gasteiger partial charge in [0.15, 0.2) is 5.96 Å². The van der Waals surface area contributed by atoms with Crippen LogP contribution in [0.4, 0.5) is 0 Å². The van der Waals surface area contributed by atoms with Crippen LogP contribution in [0, 0.1) is 5.92 Å². The highest BCUT2D eigenvalue weighted by atomic mass is 16.5. The average molecular weight is 344 g/mol. The van der Waals surface area contributed by atoms with Crippen molar-refractivity contribution < 1.29 is 9.15 Å². The topological polar surface area (TPSA) is 71.7 Å². The molecule has 2 N–H and O–H groups in total. The van der Waals surface area contributed by atoms with Crippen LogP contribution in [0.25, 0.3) is 11.5 Å². The van der Waals surface area contributed by atoms with Crippen LogP contribution in [-0.2, 0) is 11.3 Å². The zero-order valence-corrected chi connectivity index (χ0v) is 15.3. The molecule has 25 heavy (non-hydrogen) atoms. The molecule has 6 heteroatoms. The molecule has 0 bridgehead atoms. The van der Waals surface area contributed by atoms with Gasteiger partial charge in [-0.25, -0.2) is 4.98 Å². The fourth-order valence-corrected chi connectivity index (χ4v) is 2.16. The predicted molar refractivity (Wildman–Crippen MR) is 100 cm³/mol. The molecule has 0 spiro atoms. The molecule has 0 saturated carbocycles. The van der Waals surface area contributed by atoms with Crippen molar-refractivity contribution in [1.29, 1.82) is 0 Å². The van der Waals surface area contributed by atoms with E-state index in [2.05, 4.69) is 34.5 Å². The molecule has 0 radical (unpaired) electrons. The highest BCUT2D eigenvalue weighted by molar-refractivity contribution is 5.79. The SMILES string of the molecule is CN=C(NCCOCCC(C)C)NCc1coc(-c2ccccc2)n1. The number of ether oxygens (including phenoxy) is 1. The molecule has 0 aliphatic rings. The molecule has 0 atom stereocenters. The van der Waals surface area contributed by atoms with Crippen LogP contribution in [0.1, 0.15) is 26.0 Å². The van der Waals surface area contributed by atoms with Crippen LogP contribution in [0.2, 0.25) is 0 Å². The van der Waals surface area contributed by atoms with Gasteiger partial charge in [-0.1, -0.05) is 32.0 Å². The first-order valence-corrected chi connectivity index (χ1v) is 8.71. The Morgan fingerprint density at radius 2 is 2.00 bits per heavy atom. The molecule has 2 aromatic rings. The van der Waals surface area contributed by atoms with E-state index in [1.807, 2.05) is 30.3 Å². The third-order valence-corrected chi connectivity index (χ3v) is 3.61. The maximum Gasteiger partial charge on any atom is 0.226 e. The maximum atomic E-state index is 5.58. The fraction of sp³-hybridized carbons (Fsp3) is 0.474. The molecule has 6 nitrogen and oxygen atoms in total. The number of oxazole rings is 1. The number of hydrogen-bond acceptors (Lipinski definition) is 4. The van der Waals surface area contributed by atoms with Crippen molar-refractivity contribution in [3.05, 3.63) is 42.3 Å². The number of nitrogens with one attached hydrogen (secondary N) is 2. The molecule has 0 unspecified atom stereocenters. The number of guanidine groups is 1. The normalized spacial score (nSPS) is 11.8. The molecule has 0 aliphatic heterocycles. The lowest BCUT2D eigenvalue weighted by Crippen LogP contribution is -2.38. The summed E-state index contributed by atoms with van der Waals surface area (Å²) in [6.45, 7) is 7.11. The number of aromatic nitrogens is 1. The van der Waals surface area contributed by atoms with Gasteiger partial charge in [0.2, 0.25) is 5.89 Å². The third kappa shape index (κ3) is 6.97. The average Bonchev–Trinajstić information content (AvgIpc) is 3.10. The Bertz CT molecular complexity index is 638. The van der Waals surface area contributed by atoms with Gasteiger partial charge in [-0.3, -0.25) is 4.99 Å². The van der Waals surface area contributed by atoms with Gasteiger partial charge in [0.05, 0.1) is 18.8 Å². The highest BCUT2D eigenvalue weighted by Crippen LogP contribution is 2.17. The van der Waals surface area contributed by atoms with E-state index >= 15 is 0 Å². The largest absolute Gasteiger partial charge is 0.444 e. The van der Waals surface area contributed by atoms with Crippen LogP contribution >= 0.6 is 0 Å². The van der Waals surface area contributed by atoms with E-state index in [0.717, 1.165) is 30.2 Å². The quantitative estimate of drug-likeness (QED) is 0.415. The van der Waals surface area contributed by atoms with Crippen LogP contribution in [0.5, 0.6) is 0 Å². The summed E-state index contributed by atoms with van der Waals surface area (Å²) in [6, 6.07) is 9.85. The second-order valence-electron chi connectivity index (χ2n) is 6.16. The van der Waals surface area contributed by atoms with Crippen molar-refractivity contribution in [3.8, 4) is 11.5 Å². The van der Waals surface area contributed by atoms with Crippen molar-refractivity contribution in [2.45, 2.75) is 26.8 Å². The summed E-state index contributed by atoms with van der Waals surface area (Å²) in [4.78, 5) is 8.68. The van der Waals surface area contributed by atoms with Crippen LogP contribution < -0.4 is 10.6 Å². The number of nitrogens with zero attached hydrogens (tertiary/aromatic N) is 2. The minimum Gasteiger partial charge on any atom is -0.444 e. The van der Waals surface area contributed by atoms with Crippen molar-refractivity contribution in [1.82, 2.24) is 15.6 Å². The van der Waals surface area contributed by atoms with Crippen molar-refractivity contribution in [2.75, 3.05) is 26.8 Å². The number of aliphatic imine (C=N–C) groups is 1. The summed E-state index contributed by atoms with van der Waals surface area (Å²) < 4.78 is 11.1. The fourth-order valence-electron chi connectivity index (χ4n) is 2.16. The first kappa shape index (κ1) is 19.0. The first-order valence-electron chi connectivity index (χ1n) is 8.71. The standard InChI is InChI=1S/C19H28N4O2/c1-15(2)9-11-24-12-10-21-19(20-3)22-13-17-14-25-18(23-17)16-7-5-4-6-8-16/h4-8,14-15H,9-13H2,1-3H3,(H2,20,21,22). The number of hydrogen-bond donors (Lipinski definition) is 2. The van der Waals surface area contributed by atoms with Crippen molar-refractivity contribution in [2.24, 2.45) is 10.9 Å². The smallest absolute Gasteiger partial charge is 0.226 e. The van der Waals surface area contributed by atoms with Crippen molar-refractivity contribution >= 4 is 5.96 Å². The summed E-state index contributed by atoms with van der Waals surface area (Å²) in [5, 5.41) is 6.44. The van der Waals surface area contributed by atoms with E-state index in [4.69, 9.17) is 9.15 Å². The predicted octanol–water partition coefficient (Wildman–Crippen LogP) is 3.07.